The van der Waals surface area contributed by atoms with Crippen LogP contribution in [-0.2, 0) is 16.1 Å². The van der Waals surface area contributed by atoms with Gasteiger partial charge in [0.05, 0.1) is 18.6 Å². The zero-order valence-electron chi connectivity index (χ0n) is 14.1. The Kier molecular flexibility index (Phi) is 7.93. The molecule has 0 unspecified atom stereocenters. The summed E-state index contributed by atoms with van der Waals surface area (Å²) >= 11 is 4.54. The summed E-state index contributed by atoms with van der Waals surface area (Å²) in [6.45, 7) is 0.213. The zero-order chi connectivity index (χ0) is 18.9. The quantitative estimate of drug-likeness (QED) is 0.657. The highest BCUT2D eigenvalue weighted by Crippen LogP contribution is 2.18. The van der Waals surface area contributed by atoms with Gasteiger partial charge < -0.3 is 15.4 Å². The Bertz CT molecular complexity index is 789. The van der Waals surface area contributed by atoms with Gasteiger partial charge in [0, 0.05) is 16.7 Å². The first-order valence-corrected chi connectivity index (χ1v) is 9.65. The maximum Gasteiger partial charge on any atom is 0.234 e. The summed E-state index contributed by atoms with van der Waals surface area (Å²) in [5, 5.41) is 5.45. The number of benzene rings is 2. The third kappa shape index (κ3) is 6.68. The monoisotopic (exact) mass is 440 g/mol. The molecule has 0 heterocycles. The summed E-state index contributed by atoms with van der Waals surface area (Å²) in [6.07, 6.45) is 0. The number of rotatable bonds is 8. The van der Waals surface area contributed by atoms with Crippen molar-refractivity contribution in [3.05, 3.63) is 58.3 Å². The fraction of sp³-hybridized carbons (Fsp3) is 0.222. The molecule has 2 amide bonds. The lowest BCUT2D eigenvalue weighted by atomic mass is 10.2. The first kappa shape index (κ1) is 20.3. The molecular weight excluding hydrogens is 423 g/mol. The molecule has 138 valence electrons. The van der Waals surface area contributed by atoms with E-state index >= 15 is 0 Å². The van der Waals surface area contributed by atoms with Crippen molar-refractivity contribution < 1.29 is 18.7 Å². The average Bonchev–Trinajstić information content (AvgIpc) is 2.60. The average molecular weight is 441 g/mol. The molecule has 0 fully saturated rings. The maximum absolute atomic E-state index is 13.6. The molecule has 2 N–H and O–H groups in total. The predicted octanol–water partition coefficient (Wildman–Crippen LogP) is 3.58. The second-order valence-electron chi connectivity index (χ2n) is 5.30. The van der Waals surface area contributed by atoms with Gasteiger partial charge in [0.15, 0.2) is 11.6 Å². The molecule has 2 aromatic carbocycles. The van der Waals surface area contributed by atoms with Crippen LogP contribution in [0.3, 0.4) is 0 Å². The number of halogens is 2. The second-order valence-corrected chi connectivity index (χ2v) is 7.20. The number of anilines is 1. The molecule has 8 heteroatoms. The lowest BCUT2D eigenvalue weighted by Gasteiger charge is -2.08. The molecule has 0 saturated carbocycles. The number of methoxy groups -OCH3 is 1. The van der Waals surface area contributed by atoms with Crippen LogP contribution in [-0.4, -0.2) is 30.4 Å². The van der Waals surface area contributed by atoms with E-state index in [4.69, 9.17) is 4.74 Å². The fourth-order valence-corrected chi connectivity index (χ4v) is 3.12. The number of hydrogen-bond acceptors (Lipinski definition) is 4. The summed E-state index contributed by atoms with van der Waals surface area (Å²) in [6, 6.07) is 11.8. The molecule has 0 aliphatic carbocycles. The standard InChI is InChI=1S/C18H18BrFN2O3S/c1-25-16-6-5-12(7-15(16)20)9-21-17(23)10-26-11-18(24)22-14-4-2-3-13(19)8-14/h2-8H,9-11H2,1H3,(H,21,23)(H,22,24). The molecule has 0 aliphatic rings. The van der Waals surface area contributed by atoms with E-state index in [-0.39, 0.29) is 35.6 Å². The SMILES string of the molecule is COc1ccc(CNC(=O)CSCC(=O)Nc2cccc(Br)c2)cc1F. The minimum atomic E-state index is -0.474. The largest absolute Gasteiger partial charge is 0.494 e. The Balaban J connectivity index is 1.68. The van der Waals surface area contributed by atoms with E-state index < -0.39 is 5.82 Å². The van der Waals surface area contributed by atoms with Crippen molar-refractivity contribution in [2.45, 2.75) is 6.54 Å². The number of hydrogen-bond donors (Lipinski definition) is 2. The van der Waals surface area contributed by atoms with Gasteiger partial charge in [-0.25, -0.2) is 4.39 Å². The molecule has 2 rings (SSSR count). The topological polar surface area (TPSA) is 67.4 Å². The molecule has 0 atom stereocenters. The minimum absolute atomic E-state index is 0.143. The van der Waals surface area contributed by atoms with E-state index in [2.05, 4.69) is 26.6 Å². The van der Waals surface area contributed by atoms with Gasteiger partial charge in [-0.1, -0.05) is 28.1 Å². The zero-order valence-corrected chi connectivity index (χ0v) is 16.5. The van der Waals surface area contributed by atoms with Crippen molar-refractivity contribution in [2.75, 3.05) is 23.9 Å². The Hall–Kier alpha value is -2.06. The molecule has 0 radical (unpaired) electrons. The summed E-state index contributed by atoms with van der Waals surface area (Å²) in [4.78, 5) is 23.7. The van der Waals surface area contributed by atoms with Gasteiger partial charge in [-0.05, 0) is 35.9 Å². The van der Waals surface area contributed by atoms with Gasteiger partial charge in [-0.2, -0.15) is 0 Å². The van der Waals surface area contributed by atoms with E-state index in [1.165, 1.54) is 31.0 Å². The third-order valence-corrected chi connectivity index (χ3v) is 4.71. The van der Waals surface area contributed by atoms with Crippen molar-refractivity contribution in [3.8, 4) is 5.75 Å². The summed E-state index contributed by atoms with van der Waals surface area (Å²) < 4.78 is 19.3. The number of ether oxygens (including phenoxy) is 1. The second kappa shape index (κ2) is 10.2. The van der Waals surface area contributed by atoms with Gasteiger partial charge in [0.1, 0.15) is 0 Å². The molecule has 2 aromatic rings. The van der Waals surface area contributed by atoms with Crippen molar-refractivity contribution in [1.82, 2.24) is 5.32 Å². The van der Waals surface area contributed by atoms with Crippen LogP contribution in [0, 0.1) is 5.82 Å². The Morgan fingerprint density at radius 2 is 1.92 bits per heavy atom. The van der Waals surface area contributed by atoms with Crippen LogP contribution >= 0.6 is 27.7 Å². The van der Waals surface area contributed by atoms with E-state index in [0.717, 1.165) is 4.47 Å². The highest BCUT2D eigenvalue weighted by molar-refractivity contribution is 9.10. The normalized spacial score (nSPS) is 10.3. The Morgan fingerprint density at radius 3 is 2.62 bits per heavy atom. The number of amides is 2. The fourth-order valence-electron chi connectivity index (χ4n) is 2.07. The molecule has 0 spiro atoms. The first-order valence-electron chi connectivity index (χ1n) is 7.70. The van der Waals surface area contributed by atoms with Gasteiger partial charge in [0.25, 0.3) is 0 Å². The lowest BCUT2D eigenvalue weighted by molar-refractivity contribution is -0.118. The van der Waals surface area contributed by atoms with E-state index in [9.17, 15) is 14.0 Å². The molecule has 0 aliphatic heterocycles. The highest BCUT2D eigenvalue weighted by Gasteiger charge is 2.08. The van der Waals surface area contributed by atoms with Crippen LogP contribution in [0.4, 0.5) is 10.1 Å². The molecular formula is C18H18BrFN2O3S. The maximum atomic E-state index is 13.6. The van der Waals surface area contributed by atoms with Crippen molar-refractivity contribution in [3.63, 3.8) is 0 Å². The molecule has 5 nitrogen and oxygen atoms in total. The van der Waals surface area contributed by atoms with Crippen LogP contribution in [0.25, 0.3) is 0 Å². The van der Waals surface area contributed by atoms with Gasteiger partial charge >= 0.3 is 0 Å². The summed E-state index contributed by atoms with van der Waals surface area (Å²) in [7, 11) is 1.39. The van der Waals surface area contributed by atoms with Gasteiger partial charge in [0.2, 0.25) is 11.8 Å². The highest BCUT2D eigenvalue weighted by atomic mass is 79.9. The number of thioether (sulfide) groups is 1. The lowest BCUT2D eigenvalue weighted by Crippen LogP contribution is -2.25. The molecule has 0 aromatic heterocycles. The smallest absolute Gasteiger partial charge is 0.234 e. The van der Waals surface area contributed by atoms with Gasteiger partial charge in [-0.15, -0.1) is 11.8 Å². The van der Waals surface area contributed by atoms with Crippen LogP contribution in [0.2, 0.25) is 0 Å². The van der Waals surface area contributed by atoms with Crippen molar-refractivity contribution in [2.24, 2.45) is 0 Å². The molecule has 0 saturated heterocycles. The number of carbonyl (C=O) groups excluding carboxylic acids is 2. The van der Waals surface area contributed by atoms with Crippen LogP contribution in [0.5, 0.6) is 5.75 Å². The van der Waals surface area contributed by atoms with Crippen LogP contribution in [0.1, 0.15) is 5.56 Å². The number of carbonyl (C=O) groups is 2. The third-order valence-electron chi connectivity index (χ3n) is 3.28. The van der Waals surface area contributed by atoms with E-state index in [0.29, 0.717) is 11.3 Å². The Labute approximate surface area is 163 Å². The van der Waals surface area contributed by atoms with Crippen molar-refractivity contribution >= 4 is 45.2 Å². The summed E-state index contributed by atoms with van der Waals surface area (Å²) in [5.74, 6) is -0.411. The van der Waals surface area contributed by atoms with Gasteiger partial charge in [-0.3, -0.25) is 9.59 Å². The van der Waals surface area contributed by atoms with Crippen LogP contribution < -0.4 is 15.4 Å². The Morgan fingerprint density at radius 1 is 1.15 bits per heavy atom. The van der Waals surface area contributed by atoms with E-state index in [1.54, 1.807) is 18.2 Å². The van der Waals surface area contributed by atoms with E-state index in [1.807, 2.05) is 12.1 Å². The molecule has 26 heavy (non-hydrogen) atoms. The van der Waals surface area contributed by atoms with Crippen molar-refractivity contribution in [1.29, 1.82) is 0 Å². The minimum Gasteiger partial charge on any atom is -0.494 e. The van der Waals surface area contributed by atoms with Crippen LogP contribution in [0.15, 0.2) is 46.9 Å². The molecule has 0 bridgehead atoms. The first-order chi connectivity index (χ1) is 12.5. The number of nitrogens with one attached hydrogen (secondary N) is 2. The predicted molar refractivity (Wildman–Crippen MR) is 105 cm³/mol. The summed E-state index contributed by atoms with van der Waals surface area (Å²) in [5.41, 5.74) is 1.32.